The Kier molecular flexibility index (Phi) is 3.48. The van der Waals surface area contributed by atoms with Crippen LogP contribution in [0.3, 0.4) is 0 Å². The Morgan fingerprint density at radius 1 is 1.46 bits per heavy atom. The minimum absolute atomic E-state index is 0.0723. The quantitative estimate of drug-likeness (QED) is 0.774. The SMILES string of the molecule is CCC(CC)n1cncc1[C@H](C)N. The highest BCUT2D eigenvalue weighted by atomic mass is 15.1. The van der Waals surface area contributed by atoms with Gasteiger partial charge in [0.2, 0.25) is 0 Å². The largest absolute Gasteiger partial charge is 0.330 e. The maximum atomic E-state index is 5.85. The van der Waals surface area contributed by atoms with E-state index in [1.54, 1.807) is 0 Å². The van der Waals surface area contributed by atoms with Crippen molar-refractivity contribution in [1.82, 2.24) is 9.55 Å². The fraction of sp³-hybridized carbons (Fsp3) is 0.700. The van der Waals surface area contributed by atoms with Crippen molar-refractivity contribution in [3.8, 4) is 0 Å². The molecule has 0 aliphatic carbocycles. The Bertz CT molecular complexity index is 248. The highest BCUT2D eigenvalue weighted by Crippen LogP contribution is 2.20. The van der Waals surface area contributed by atoms with E-state index in [0.717, 1.165) is 18.5 Å². The second kappa shape index (κ2) is 4.42. The minimum Gasteiger partial charge on any atom is -0.330 e. The van der Waals surface area contributed by atoms with Gasteiger partial charge in [0.25, 0.3) is 0 Å². The summed E-state index contributed by atoms with van der Waals surface area (Å²) in [5.41, 5.74) is 6.98. The monoisotopic (exact) mass is 181 g/mol. The molecule has 0 aliphatic rings. The first kappa shape index (κ1) is 10.3. The lowest BCUT2D eigenvalue weighted by molar-refractivity contribution is 0.449. The number of aromatic nitrogens is 2. The summed E-state index contributed by atoms with van der Waals surface area (Å²) < 4.78 is 2.20. The molecule has 0 spiro atoms. The van der Waals surface area contributed by atoms with Crippen molar-refractivity contribution in [2.75, 3.05) is 0 Å². The van der Waals surface area contributed by atoms with Crippen molar-refractivity contribution in [1.29, 1.82) is 0 Å². The molecule has 1 rings (SSSR count). The maximum absolute atomic E-state index is 5.85. The molecule has 3 heteroatoms. The molecule has 0 bridgehead atoms. The topological polar surface area (TPSA) is 43.8 Å². The van der Waals surface area contributed by atoms with Crippen molar-refractivity contribution >= 4 is 0 Å². The lowest BCUT2D eigenvalue weighted by Gasteiger charge is -2.19. The van der Waals surface area contributed by atoms with E-state index >= 15 is 0 Å². The zero-order valence-corrected chi connectivity index (χ0v) is 8.70. The van der Waals surface area contributed by atoms with E-state index in [-0.39, 0.29) is 6.04 Å². The molecule has 0 saturated carbocycles. The van der Waals surface area contributed by atoms with Crippen LogP contribution in [0.5, 0.6) is 0 Å². The van der Waals surface area contributed by atoms with E-state index in [1.807, 2.05) is 19.4 Å². The smallest absolute Gasteiger partial charge is 0.0951 e. The van der Waals surface area contributed by atoms with Gasteiger partial charge < -0.3 is 10.3 Å². The van der Waals surface area contributed by atoms with Crippen LogP contribution in [-0.2, 0) is 0 Å². The third-order valence-corrected chi connectivity index (χ3v) is 2.50. The molecule has 0 amide bonds. The number of imidazole rings is 1. The fourth-order valence-corrected chi connectivity index (χ4v) is 1.65. The molecule has 1 atom stereocenters. The summed E-state index contributed by atoms with van der Waals surface area (Å²) in [7, 11) is 0. The van der Waals surface area contributed by atoms with Gasteiger partial charge in [-0.25, -0.2) is 4.98 Å². The van der Waals surface area contributed by atoms with Crippen LogP contribution in [0.25, 0.3) is 0 Å². The first-order valence-electron chi connectivity index (χ1n) is 4.98. The molecule has 74 valence electrons. The van der Waals surface area contributed by atoms with Crippen molar-refractivity contribution in [2.24, 2.45) is 5.73 Å². The predicted molar refractivity (Wildman–Crippen MR) is 54.4 cm³/mol. The molecular weight excluding hydrogens is 162 g/mol. The number of rotatable bonds is 4. The Labute approximate surface area is 80.0 Å². The van der Waals surface area contributed by atoms with Gasteiger partial charge in [-0.1, -0.05) is 13.8 Å². The molecule has 0 aromatic carbocycles. The average Bonchev–Trinajstić information content (AvgIpc) is 2.55. The molecule has 0 fully saturated rings. The van der Waals surface area contributed by atoms with Gasteiger partial charge in [-0.05, 0) is 19.8 Å². The van der Waals surface area contributed by atoms with Gasteiger partial charge in [-0.2, -0.15) is 0 Å². The highest BCUT2D eigenvalue weighted by molar-refractivity contribution is 5.04. The number of hydrogen-bond donors (Lipinski definition) is 1. The van der Waals surface area contributed by atoms with Crippen LogP contribution in [0.4, 0.5) is 0 Å². The van der Waals surface area contributed by atoms with Gasteiger partial charge in [0.05, 0.1) is 12.0 Å². The van der Waals surface area contributed by atoms with Crippen LogP contribution in [-0.4, -0.2) is 9.55 Å². The third kappa shape index (κ3) is 2.10. The van der Waals surface area contributed by atoms with E-state index in [0.29, 0.717) is 6.04 Å². The maximum Gasteiger partial charge on any atom is 0.0951 e. The molecule has 13 heavy (non-hydrogen) atoms. The van der Waals surface area contributed by atoms with E-state index in [1.165, 1.54) is 0 Å². The summed E-state index contributed by atoms with van der Waals surface area (Å²) >= 11 is 0. The highest BCUT2D eigenvalue weighted by Gasteiger charge is 2.12. The number of nitrogens with two attached hydrogens (primary N) is 1. The van der Waals surface area contributed by atoms with E-state index in [4.69, 9.17) is 5.73 Å². The Morgan fingerprint density at radius 3 is 2.54 bits per heavy atom. The van der Waals surface area contributed by atoms with E-state index < -0.39 is 0 Å². The summed E-state index contributed by atoms with van der Waals surface area (Å²) in [5.74, 6) is 0. The lowest BCUT2D eigenvalue weighted by Crippen LogP contribution is -2.15. The van der Waals surface area contributed by atoms with Gasteiger partial charge in [0, 0.05) is 18.3 Å². The molecule has 0 aliphatic heterocycles. The second-order valence-corrected chi connectivity index (χ2v) is 3.48. The molecule has 1 heterocycles. The fourth-order valence-electron chi connectivity index (χ4n) is 1.65. The van der Waals surface area contributed by atoms with Crippen LogP contribution in [0.15, 0.2) is 12.5 Å². The molecule has 1 aromatic rings. The molecule has 2 N–H and O–H groups in total. The standard InChI is InChI=1S/C10H19N3/c1-4-9(5-2)13-7-12-6-10(13)8(3)11/h6-9H,4-5,11H2,1-3H3/t8-/m0/s1. The van der Waals surface area contributed by atoms with E-state index in [9.17, 15) is 0 Å². The van der Waals surface area contributed by atoms with Crippen LogP contribution >= 0.6 is 0 Å². The minimum atomic E-state index is 0.0723. The van der Waals surface area contributed by atoms with Crippen LogP contribution in [0.2, 0.25) is 0 Å². The zero-order valence-electron chi connectivity index (χ0n) is 8.70. The Balaban J connectivity index is 2.91. The molecular formula is C10H19N3. The first-order chi connectivity index (χ1) is 6.20. The van der Waals surface area contributed by atoms with Crippen LogP contribution < -0.4 is 5.73 Å². The lowest BCUT2D eigenvalue weighted by atomic mass is 10.1. The molecule has 3 nitrogen and oxygen atoms in total. The van der Waals surface area contributed by atoms with Gasteiger partial charge in [-0.15, -0.1) is 0 Å². The van der Waals surface area contributed by atoms with Crippen molar-refractivity contribution in [2.45, 2.75) is 45.7 Å². The van der Waals surface area contributed by atoms with Gasteiger partial charge in [0.15, 0.2) is 0 Å². The third-order valence-electron chi connectivity index (χ3n) is 2.50. The van der Waals surface area contributed by atoms with Crippen molar-refractivity contribution in [3.05, 3.63) is 18.2 Å². The molecule has 0 saturated heterocycles. The average molecular weight is 181 g/mol. The van der Waals surface area contributed by atoms with Crippen molar-refractivity contribution < 1.29 is 0 Å². The number of nitrogens with zero attached hydrogens (tertiary/aromatic N) is 2. The number of hydrogen-bond acceptors (Lipinski definition) is 2. The Morgan fingerprint density at radius 2 is 2.08 bits per heavy atom. The summed E-state index contributed by atoms with van der Waals surface area (Å²) in [4.78, 5) is 4.14. The summed E-state index contributed by atoms with van der Waals surface area (Å²) in [5, 5.41) is 0. The van der Waals surface area contributed by atoms with Crippen molar-refractivity contribution in [3.63, 3.8) is 0 Å². The first-order valence-corrected chi connectivity index (χ1v) is 4.98. The molecule has 0 unspecified atom stereocenters. The van der Waals surface area contributed by atoms with Crippen LogP contribution in [0.1, 0.15) is 51.4 Å². The Hall–Kier alpha value is -0.830. The van der Waals surface area contributed by atoms with Gasteiger partial charge >= 0.3 is 0 Å². The summed E-state index contributed by atoms with van der Waals surface area (Å²) in [6.07, 6.45) is 6.01. The molecule has 1 aromatic heterocycles. The summed E-state index contributed by atoms with van der Waals surface area (Å²) in [6, 6.07) is 0.617. The van der Waals surface area contributed by atoms with Gasteiger partial charge in [-0.3, -0.25) is 0 Å². The predicted octanol–water partition coefficient (Wildman–Crippen LogP) is 2.26. The zero-order chi connectivity index (χ0) is 9.84. The van der Waals surface area contributed by atoms with Gasteiger partial charge in [0.1, 0.15) is 0 Å². The van der Waals surface area contributed by atoms with E-state index in [2.05, 4.69) is 23.4 Å². The summed E-state index contributed by atoms with van der Waals surface area (Å²) in [6.45, 7) is 6.38. The molecule has 0 radical (unpaired) electrons. The second-order valence-electron chi connectivity index (χ2n) is 3.48. The van der Waals surface area contributed by atoms with Crippen LogP contribution in [0, 0.1) is 0 Å². The normalized spacial score (nSPS) is 13.6.